The summed E-state index contributed by atoms with van der Waals surface area (Å²) in [6, 6.07) is 19.6. The molecule has 32 heavy (non-hydrogen) atoms. The molecule has 2 aromatic carbocycles. The van der Waals surface area contributed by atoms with E-state index in [1.165, 1.54) is 11.8 Å². The normalized spacial score (nSPS) is 12.3. The summed E-state index contributed by atoms with van der Waals surface area (Å²) in [5, 5.41) is 10.0. The minimum atomic E-state index is -0.455. The zero-order valence-electron chi connectivity index (χ0n) is 17.8. The lowest BCUT2D eigenvalue weighted by molar-refractivity contribution is 0.0991. The van der Waals surface area contributed by atoms with Crippen molar-refractivity contribution in [2.24, 2.45) is 0 Å². The van der Waals surface area contributed by atoms with E-state index < -0.39 is 5.25 Å². The Bertz CT molecular complexity index is 1380. The third-order valence-corrected chi connectivity index (χ3v) is 6.79. The van der Waals surface area contributed by atoms with Gasteiger partial charge in [0.1, 0.15) is 11.0 Å². The van der Waals surface area contributed by atoms with E-state index in [1.807, 2.05) is 79.1 Å². The smallest absolute Gasteiger partial charge is 0.192 e. The van der Waals surface area contributed by atoms with E-state index in [1.54, 1.807) is 12.5 Å². The molecule has 0 radical (unpaired) electrons. The number of ketones is 1. The predicted octanol–water partition coefficient (Wildman–Crippen LogP) is 6.06. The maximum Gasteiger partial charge on any atom is 0.192 e. The van der Waals surface area contributed by atoms with E-state index >= 15 is 0 Å². The van der Waals surface area contributed by atoms with Crippen LogP contribution in [0.1, 0.15) is 33.9 Å². The van der Waals surface area contributed by atoms with Gasteiger partial charge in [-0.15, -0.1) is 10.2 Å². The second-order valence-corrected chi connectivity index (χ2v) is 8.53. The Balaban J connectivity index is 1.57. The van der Waals surface area contributed by atoms with Gasteiger partial charge in [-0.25, -0.2) is 0 Å². The molecule has 1 unspecified atom stereocenters. The van der Waals surface area contributed by atoms with Crippen molar-refractivity contribution in [3.63, 3.8) is 0 Å². The first kappa shape index (κ1) is 20.3. The first-order valence-electron chi connectivity index (χ1n) is 10.5. The van der Waals surface area contributed by atoms with E-state index in [9.17, 15) is 4.79 Å². The van der Waals surface area contributed by atoms with Crippen molar-refractivity contribution >= 4 is 28.4 Å². The molecule has 7 heteroatoms. The van der Waals surface area contributed by atoms with Crippen molar-refractivity contribution in [3.05, 3.63) is 90.0 Å². The number of hydrogen-bond acceptors (Lipinski definition) is 5. The molecule has 160 valence electrons. The van der Waals surface area contributed by atoms with Gasteiger partial charge in [0.25, 0.3) is 0 Å². The number of Topliss-reactive ketones (excluding diaryl/α,β-unsaturated/α-hetero) is 1. The number of aromatic nitrogens is 4. The Kier molecular flexibility index (Phi) is 5.41. The van der Waals surface area contributed by atoms with E-state index in [-0.39, 0.29) is 5.78 Å². The van der Waals surface area contributed by atoms with Crippen molar-refractivity contribution in [1.29, 1.82) is 0 Å². The summed E-state index contributed by atoms with van der Waals surface area (Å²) in [6.45, 7) is 4.63. The van der Waals surface area contributed by atoms with Crippen LogP contribution < -0.4 is 0 Å². The molecule has 0 aliphatic carbocycles. The summed E-state index contributed by atoms with van der Waals surface area (Å²) >= 11 is 1.43. The van der Waals surface area contributed by atoms with E-state index in [0.717, 1.165) is 33.6 Å². The molecule has 1 atom stereocenters. The minimum Gasteiger partial charge on any atom is -0.469 e. The molecule has 3 heterocycles. The molecule has 0 bridgehead atoms. The van der Waals surface area contributed by atoms with Gasteiger partial charge in [0.15, 0.2) is 16.8 Å². The van der Waals surface area contributed by atoms with Gasteiger partial charge < -0.3 is 14.0 Å². The first-order valence-corrected chi connectivity index (χ1v) is 11.3. The van der Waals surface area contributed by atoms with Gasteiger partial charge in [0, 0.05) is 29.2 Å². The molecule has 0 amide bonds. The SMILES string of the molecule is CCn1c(SC(C(=O)c2c[nH]c3ccccc23)c2ccccc2)nnc1-c1ccoc1C. The van der Waals surface area contributed by atoms with Crippen molar-refractivity contribution in [2.75, 3.05) is 0 Å². The lowest BCUT2D eigenvalue weighted by Gasteiger charge is -2.16. The molecule has 5 rings (SSSR count). The molecule has 0 fully saturated rings. The Morgan fingerprint density at radius 1 is 1.09 bits per heavy atom. The number of nitrogens with one attached hydrogen (secondary N) is 1. The molecular weight excluding hydrogens is 420 g/mol. The number of carbonyl (C=O) groups is 1. The molecule has 0 aliphatic heterocycles. The summed E-state index contributed by atoms with van der Waals surface area (Å²) in [5.41, 5.74) is 3.46. The van der Waals surface area contributed by atoms with Crippen LogP contribution in [0.2, 0.25) is 0 Å². The van der Waals surface area contributed by atoms with Crippen LogP contribution in [0.5, 0.6) is 0 Å². The predicted molar refractivity (Wildman–Crippen MR) is 126 cm³/mol. The number of fused-ring (bicyclic) bond motifs is 1. The van der Waals surface area contributed by atoms with Gasteiger partial charge in [-0.05, 0) is 31.5 Å². The van der Waals surface area contributed by atoms with Gasteiger partial charge in [-0.2, -0.15) is 0 Å². The molecule has 0 aliphatic rings. The van der Waals surface area contributed by atoms with Crippen LogP contribution in [0.15, 0.2) is 82.7 Å². The van der Waals surface area contributed by atoms with Crippen molar-refractivity contribution in [3.8, 4) is 11.4 Å². The zero-order valence-corrected chi connectivity index (χ0v) is 18.6. The van der Waals surface area contributed by atoms with Crippen LogP contribution in [0.25, 0.3) is 22.3 Å². The topological polar surface area (TPSA) is 76.7 Å². The largest absolute Gasteiger partial charge is 0.469 e. The lowest BCUT2D eigenvalue weighted by Crippen LogP contribution is -2.11. The van der Waals surface area contributed by atoms with Gasteiger partial charge in [0.05, 0.1) is 11.8 Å². The molecule has 0 saturated carbocycles. The van der Waals surface area contributed by atoms with Crippen LogP contribution in [-0.4, -0.2) is 25.5 Å². The molecule has 0 spiro atoms. The Labute approximate surface area is 189 Å². The van der Waals surface area contributed by atoms with E-state index in [4.69, 9.17) is 4.42 Å². The molecule has 1 N–H and O–H groups in total. The number of nitrogens with zero attached hydrogens (tertiary/aromatic N) is 3. The van der Waals surface area contributed by atoms with Crippen LogP contribution in [0.3, 0.4) is 0 Å². The number of aryl methyl sites for hydroxylation is 1. The van der Waals surface area contributed by atoms with Gasteiger partial charge >= 0.3 is 0 Å². The quantitative estimate of drug-likeness (QED) is 0.245. The number of rotatable bonds is 7. The second kappa shape index (κ2) is 8.51. The van der Waals surface area contributed by atoms with Gasteiger partial charge in [-0.1, -0.05) is 60.3 Å². The average molecular weight is 443 g/mol. The van der Waals surface area contributed by atoms with Crippen LogP contribution in [-0.2, 0) is 6.54 Å². The maximum atomic E-state index is 13.8. The van der Waals surface area contributed by atoms with Crippen LogP contribution in [0, 0.1) is 6.92 Å². The monoisotopic (exact) mass is 442 g/mol. The molecule has 5 aromatic rings. The molecule has 6 nitrogen and oxygen atoms in total. The number of hydrogen-bond donors (Lipinski definition) is 1. The number of H-pyrrole nitrogens is 1. The third kappa shape index (κ3) is 3.54. The second-order valence-electron chi connectivity index (χ2n) is 7.46. The fourth-order valence-corrected chi connectivity index (χ4v) is 5.07. The number of carbonyl (C=O) groups excluding carboxylic acids is 1. The number of thioether (sulfide) groups is 1. The van der Waals surface area contributed by atoms with E-state index in [0.29, 0.717) is 17.3 Å². The highest BCUT2D eigenvalue weighted by Gasteiger charge is 2.28. The zero-order chi connectivity index (χ0) is 22.1. The summed E-state index contributed by atoms with van der Waals surface area (Å²) in [5.74, 6) is 1.57. The minimum absolute atomic E-state index is 0.0327. The Morgan fingerprint density at radius 3 is 2.62 bits per heavy atom. The summed E-state index contributed by atoms with van der Waals surface area (Å²) in [7, 11) is 0. The standard InChI is InChI=1S/C25H22N4O2S/c1-3-29-24(18-13-14-31-16(18)2)27-28-25(29)32-23(17-9-5-4-6-10-17)22(30)20-15-26-21-12-8-7-11-19(20)21/h4-15,23,26H,3H2,1-2H3. The van der Waals surface area contributed by atoms with Crippen molar-refractivity contribution < 1.29 is 9.21 Å². The number of furan rings is 1. The highest BCUT2D eigenvalue weighted by molar-refractivity contribution is 8.00. The van der Waals surface area contributed by atoms with Crippen molar-refractivity contribution in [2.45, 2.75) is 30.8 Å². The Hall–Kier alpha value is -3.58. The summed E-state index contributed by atoms with van der Waals surface area (Å²) < 4.78 is 7.49. The fraction of sp³-hybridized carbons (Fsp3) is 0.160. The van der Waals surface area contributed by atoms with Crippen LogP contribution in [0.4, 0.5) is 0 Å². The number of benzene rings is 2. The van der Waals surface area contributed by atoms with Gasteiger partial charge in [0.2, 0.25) is 0 Å². The number of para-hydroxylation sites is 1. The number of aromatic amines is 1. The van der Waals surface area contributed by atoms with E-state index in [2.05, 4.69) is 15.2 Å². The average Bonchev–Trinajstić information content (AvgIpc) is 3.55. The fourth-order valence-electron chi connectivity index (χ4n) is 3.90. The van der Waals surface area contributed by atoms with Crippen molar-refractivity contribution in [1.82, 2.24) is 19.7 Å². The van der Waals surface area contributed by atoms with Gasteiger partial charge in [-0.3, -0.25) is 4.79 Å². The molecular formula is C25H22N4O2S. The summed E-state index contributed by atoms with van der Waals surface area (Å²) in [6.07, 6.45) is 3.45. The van der Waals surface area contributed by atoms with Crippen LogP contribution >= 0.6 is 11.8 Å². The highest BCUT2D eigenvalue weighted by atomic mass is 32.2. The maximum absolute atomic E-state index is 13.8. The summed E-state index contributed by atoms with van der Waals surface area (Å²) in [4.78, 5) is 17.0. The third-order valence-electron chi connectivity index (χ3n) is 5.55. The Morgan fingerprint density at radius 2 is 1.88 bits per heavy atom. The first-order chi connectivity index (χ1) is 15.7. The highest BCUT2D eigenvalue weighted by Crippen LogP contribution is 2.39. The lowest BCUT2D eigenvalue weighted by atomic mass is 10.0. The molecule has 0 saturated heterocycles. The molecule has 3 aromatic heterocycles.